The van der Waals surface area contributed by atoms with E-state index in [0.29, 0.717) is 13.0 Å². The number of hydrogen-bond acceptors (Lipinski definition) is 3. The Hall–Kier alpha value is -2.78. The Labute approximate surface area is 157 Å². The van der Waals surface area contributed by atoms with E-state index in [2.05, 4.69) is 22.5 Å². The highest BCUT2D eigenvalue weighted by Gasteiger charge is 2.19. The van der Waals surface area contributed by atoms with Gasteiger partial charge in [-0.05, 0) is 48.6 Å². The summed E-state index contributed by atoms with van der Waals surface area (Å²) >= 11 is 1.61. The summed E-state index contributed by atoms with van der Waals surface area (Å²) in [4.78, 5) is 26.6. The number of piperidine rings is 1. The molecule has 0 aliphatic carbocycles. The van der Waals surface area contributed by atoms with Crippen LogP contribution in [-0.2, 0) is 11.3 Å². The number of thiophene rings is 1. The average Bonchev–Trinajstić information content (AvgIpc) is 3.18. The third kappa shape index (κ3) is 5.11. The first-order chi connectivity index (χ1) is 12.7. The van der Waals surface area contributed by atoms with E-state index in [0.717, 1.165) is 35.5 Å². The molecule has 1 aromatic carbocycles. The van der Waals surface area contributed by atoms with Crippen molar-refractivity contribution in [1.82, 2.24) is 10.6 Å². The van der Waals surface area contributed by atoms with E-state index in [4.69, 9.17) is 0 Å². The van der Waals surface area contributed by atoms with Crippen molar-refractivity contribution in [3.05, 3.63) is 52.2 Å². The van der Waals surface area contributed by atoms with Gasteiger partial charge >= 0.3 is 6.03 Å². The summed E-state index contributed by atoms with van der Waals surface area (Å²) in [5.41, 5.74) is 1.78. The maximum atomic E-state index is 11.9. The highest BCUT2D eigenvalue weighted by Crippen LogP contribution is 2.20. The molecule has 1 aliphatic heterocycles. The molecular formula is C20H21N3O2S. The lowest BCUT2D eigenvalue weighted by molar-refractivity contribution is -0.119. The van der Waals surface area contributed by atoms with E-state index in [1.807, 2.05) is 46.7 Å². The first-order valence-corrected chi connectivity index (χ1v) is 9.54. The maximum absolute atomic E-state index is 11.9. The minimum absolute atomic E-state index is 0.188. The molecular weight excluding hydrogens is 346 g/mol. The number of nitrogens with zero attached hydrogens (tertiary/aromatic N) is 1. The van der Waals surface area contributed by atoms with Gasteiger partial charge in [0.1, 0.15) is 0 Å². The topological polar surface area (TPSA) is 61.4 Å². The number of hydrogen-bond donors (Lipinski definition) is 2. The van der Waals surface area contributed by atoms with Crippen LogP contribution < -0.4 is 15.5 Å². The Morgan fingerprint density at radius 3 is 2.73 bits per heavy atom. The number of amides is 3. The lowest BCUT2D eigenvalue weighted by Crippen LogP contribution is -2.35. The second kappa shape index (κ2) is 9.07. The van der Waals surface area contributed by atoms with Crippen LogP contribution in [0, 0.1) is 11.8 Å². The van der Waals surface area contributed by atoms with Gasteiger partial charge < -0.3 is 15.5 Å². The predicted octanol–water partition coefficient (Wildman–Crippen LogP) is 3.12. The fraction of sp³-hybridized carbons (Fsp3) is 0.300. The molecule has 6 heteroatoms. The molecule has 1 saturated heterocycles. The Balaban J connectivity index is 1.44. The zero-order valence-corrected chi connectivity index (χ0v) is 15.3. The van der Waals surface area contributed by atoms with Crippen LogP contribution in [0.3, 0.4) is 0 Å². The summed E-state index contributed by atoms with van der Waals surface area (Å²) in [6.45, 7) is 1.59. The van der Waals surface area contributed by atoms with Crippen LogP contribution in [0.25, 0.3) is 0 Å². The molecule has 5 nitrogen and oxygen atoms in total. The van der Waals surface area contributed by atoms with Crippen molar-refractivity contribution in [3.63, 3.8) is 0 Å². The number of carbonyl (C=O) groups is 2. The van der Waals surface area contributed by atoms with Gasteiger partial charge in [0.15, 0.2) is 0 Å². The molecule has 0 atom stereocenters. The lowest BCUT2D eigenvalue weighted by Gasteiger charge is -2.26. The minimum atomic E-state index is -0.230. The maximum Gasteiger partial charge on any atom is 0.315 e. The summed E-state index contributed by atoms with van der Waals surface area (Å²) in [5, 5.41) is 7.48. The molecule has 2 heterocycles. The van der Waals surface area contributed by atoms with E-state index in [-0.39, 0.29) is 18.5 Å². The Kier molecular flexibility index (Phi) is 6.29. The second-order valence-corrected chi connectivity index (χ2v) is 7.00. The molecule has 134 valence electrons. The number of benzene rings is 1. The van der Waals surface area contributed by atoms with E-state index in [1.165, 1.54) is 0 Å². The molecule has 0 saturated carbocycles. The molecule has 26 heavy (non-hydrogen) atoms. The molecule has 2 N–H and O–H groups in total. The largest absolute Gasteiger partial charge is 0.333 e. The van der Waals surface area contributed by atoms with E-state index in [1.54, 1.807) is 11.3 Å². The summed E-state index contributed by atoms with van der Waals surface area (Å²) in [6.07, 6.45) is 2.65. The molecule has 0 bridgehead atoms. The van der Waals surface area contributed by atoms with Crippen molar-refractivity contribution in [1.29, 1.82) is 0 Å². The Morgan fingerprint density at radius 1 is 1.15 bits per heavy atom. The number of urea groups is 1. The van der Waals surface area contributed by atoms with Crippen molar-refractivity contribution >= 4 is 29.0 Å². The minimum Gasteiger partial charge on any atom is -0.333 e. The van der Waals surface area contributed by atoms with E-state index in [9.17, 15) is 9.59 Å². The number of rotatable bonds is 4. The first-order valence-electron chi connectivity index (χ1n) is 8.66. The normalized spacial score (nSPS) is 13.7. The number of nitrogens with one attached hydrogen (secondary N) is 2. The van der Waals surface area contributed by atoms with Crippen LogP contribution >= 0.6 is 11.3 Å². The third-order valence-electron chi connectivity index (χ3n) is 4.08. The number of anilines is 1. The SMILES string of the molecule is O=C(NCC#Cc1ccc(N2CCCCC2=O)cc1)NCc1cccs1. The van der Waals surface area contributed by atoms with E-state index >= 15 is 0 Å². The van der Waals surface area contributed by atoms with Gasteiger partial charge in [-0.25, -0.2) is 4.79 Å². The summed E-state index contributed by atoms with van der Waals surface area (Å²) < 4.78 is 0. The highest BCUT2D eigenvalue weighted by atomic mass is 32.1. The molecule has 3 amide bonds. The zero-order valence-electron chi connectivity index (χ0n) is 14.5. The summed E-state index contributed by atoms with van der Waals surface area (Å²) in [7, 11) is 0. The van der Waals surface area contributed by atoms with Crippen LogP contribution in [-0.4, -0.2) is 25.0 Å². The fourth-order valence-corrected chi connectivity index (χ4v) is 3.36. The van der Waals surface area contributed by atoms with Crippen molar-refractivity contribution in [2.24, 2.45) is 0 Å². The Bertz CT molecular complexity index is 804. The van der Waals surface area contributed by atoms with Gasteiger partial charge in [0.25, 0.3) is 0 Å². The third-order valence-corrected chi connectivity index (χ3v) is 4.95. The second-order valence-electron chi connectivity index (χ2n) is 5.97. The Morgan fingerprint density at radius 2 is 2.00 bits per heavy atom. The monoisotopic (exact) mass is 367 g/mol. The van der Waals surface area contributed by atoms with Gasteiger partial charge in [0.2, 0.25) is 5.91 Å². The molecule has 1 aromatic heterocycles. The summed E-state index contributed by atoms with van der Waals surface area (Å²) in [6, 6.07) is 11.4. The van der Waals surface area contributed by atoms with Crippen molar-refractivity contribution in [2.75, 3.05) is 18.0 Å². The molecule has 3 rings (SSSR count). The first kappa shape index (κ1) is 18.0. The average molecular weight is 367 g/mol. The molecule has 0 radical (unpaired) electrons. The molecule has 2 aromatic rings. The molecule has 0 unspecified atom stereocenters. The van der Waals surface area contributed by atoms with E-state index < -0.39 is 0 Å². The van der Waals surface area contributed by atoms with Gasteiger partial charge in [-0.15, -0.1) is 11.3 Å². The van der Waals surface area contributed by atoms with Crippen LogP contribution in [0.15, 0.2) is 41.8 Å². The van der Waals surface area contributed by atoms with Crippen LogP contribution in [0.5, 0.6) is 0 Å². The van der Waals surface area contributed by atoms with Gasteiger partial charge in [-0.2, -0.15) is 0 Å². The quantitative estimate of drug-likeness (QED) is 0.816. The molecule has 1 aliphatic rings. The highest BCUT2D eigenvalue weighted by molar-refractivity contribution is 7.09. The zero-order chi connectivity index (χ0) is 18.2. The van der Waals surface area contributed by atoms with Crippen molar-refractivity contribution in [2.45, 2.75) is 25.8 Å². The smallest absolute Gasteiger partial charge is 0.315 e. The molecule has 1 fully saturated rings. The lowest BCUT2D eigenvalue weighted by atomic mass is 10.1. The predicted molar refractivity (Wildman–Crippen MR) is 104 cm³/mol. The van der Waals surface area contributed by atoms with Crippen LogP contribution in [0.1, 0.15) is 29.7 Å². The van der Waals surface area contributed by atoms with Gasteiger partial charge in [0, 0.05) is 29.1 Å². The van der Waals surface area contributed by atoms with Crippen LogP contribution in [0.2, 0.25) is 0 Å². The number of carbonyl (C=O) groups excluding carboxylic acids is 2. The van der Waals surface area contributed by atoms with Crippen molar-refractivity contribution in [3.8, 4) is 11.8 Å². The van der Waals surface area contributed by atoms with Gasteiger partial charge in [-0.1, -0.05) is 17.9 Å². The van der Waals surface area contributed by atoms with Gasteiger partial charge in [-0.3, -0.25) is 4.79 Å². The summed E-state index contributed by atoms with van der Waals surface area (Å²) in [5.74, 6) is 6.14. The van der Waals surface area contributed by atoms with Gasteiger partial charge in [0.05, 0.1) is 13.1 Å². The standard InChI is InChI=1S/C20H21N3O2S/c24-19-7-1-2-13-23(19)17-10-8-16(9-11-17)5-3-12-21-20(25)22-15-18-6-4-14-26-18/h4,6,8-11,14H,1-2,7,12-13,15H2,(H2,21,22,25). The van der Waals surface area contributed by atoms with Crippen LogP contribution in [0.4, 0.5) is 10.5 Å². The fourth-order valence-electron chi connectivity index (χ4n) is 2.72. The van der Waals surface area contributed by atoms with Crippen molar-refractivity contribution < 1.29 is 9.59 Å². The molecule has 0 spiro atoms.